The van der Waals surface area contributed by atoms with Crippen LogP contribution in [0, 0.1) is 10.1 Å². The fraction of sp³-hybridized carbons (Fsp3) is 0.0625. The van der Waals surface area contributed by atoms with E-state index in [4.69, 9.17) is 4.42 Å². The maximum atomic E-state index is 12.1. The molecule has 1 aliphatic rings. The molecule has 1 aliphatic carbocycles. The van der Waals surface area contributed by atoms with Crippen LogP contribution in [0.3, 0.4) is 0 Å². The molecule has 1 atom stereocenters. The van der Waals surface area contributed by atoms with Crippen LogP contribution in [0.15, 0.2) is 45.6 Å². The summed E-state index contributed by atoms with van der Waals surface area (Å²) >= 11 is 0. The molecule has 2 aromatic rings. The molecule has 1 unspecified atom stereocenters. The molecule has 0 radical (unpaired) electrons. The van der Waals surface area contributed by atoms with Crippen LogP contribution >= 0.6 is 0 Å². The molecule has 0 saturated heterocycles. The number of carbonyl (C=O) groups is 1. The lowest BCUT2D eigenvalue weighted by atomic mass is 10.1. The van der Waals surface area contributed by atoms with Crippen LogP contribution < -0.4 is 16.4 Å². The van der Waals surface area contributed by atoms with Crippen LogP contribution in [0.2, 0.25) is 0 Å². The van der Waals surface area contributed by atoms with Gasteiger partial charge in [0.1, 0.15) is 5.69 Å². The molecule has 1 aromatic carbocycles. The number of fused-ring (bicyclic) bond motifs is 1. The van der Waals surface area contributed by atoms with Crippen LogP contribution in [0.4, 0.5) is 0 Å². The molecule has 7 heteroatoms. The Morgan fingerprint density at radius 1 is 1.30 bits per heavy atom. The van der Waals surface area contributed by atoms with E-state index in [0.717, 1.165) is 6.08 Å². The van der Waals surface area contributed by atoms with Crippen molar-refractivity contribution < 1.29 is 14.1 Å². The maximum Gasteiger partial charge on any atom is 0.362 e. The van der Waals surface area contributed by atoms with E-state index < -0.39 is 16.6 Å². The van der Waals surface area contributed by atoms with Gasteiger partial charge in [-0.15, -0.1) is 0 Å². The van der Waals surface area contributed by atoms with Crippen molar-refractivity contribution in [3.8, 4) is 0 Å². The number of nitrogens with zero attached hydrogens (tertiary/aromatic N) is 2. The molecule has 3 rings (SSSR count). The number of aromatic nitrogens is 1. The van der Waals surface area contributed by atoms with Gasteiger partial charge in [0.2, 0.25) is 0 Å². The molecule has 0 saturated carbocycles. The minimum Gasteiger partial charge on any atom is -0.420 e. The van der Waals surface area contributed by atoms with E-state index in [0.29, 0.717) is 5.56 Å². The second kappa shape index (κ2) is 5.80. The Labute approximate surface area is 129 Å². The van der Waals surface area contributed by atoms with Gasteiger partial charge in [-0.2, -0.15) is 0 Å². The summed E-state index contributed by atoms with van der Waals surface area (Å²) in [4.78, 5) is 38.3. The number of hydrogen-bond acceptors (Lipinski definition) is 6. The van der Waals surface area contributed by atoms with Gasteiger partial charge in [0.15, 0.2) is 16.5 Å². The summed E-state index contributed by atoms with van der Waals surface area (Å²) < 4.78 is 5.04. The van der Waals surface area contributed by atoms with Gasteiger partial charge in [-0.25, -0.2) is 9.78 Å². The van der Waals surface area contributed by atoms with Crippen molar-refractivity contribution >= 4 is 24.0 Å². The summed E-state index contributed by atoms with van der Waals surface area (Å²) in [6.07, 6.45) is 5.02. The van der Waals surface area contributed by atoms with Gasteiger partial charge in [-0.3, -0.25) is 14.9 Å². The van der Waals surface area contributed by atoms with Crippen LogP contribution in [0.25, 0.3) is 18.2 Å². The molecule has 0 N–H and O–H groups in total. The number of carbonyl (C=O) groups excluding carboxylic acids is 1. The molecule has 1 aromatic heterocycles. The number of hydrogen-bond donors (Lipinski definition) is 0. The molecular weight excluding hydrogens is 300 g/mol. The van der Waals surface area contributed by atoms with Gasteiger partial charge < -0.3 is 4.42 Å². The zero-order chi connectivity index (χ0) is 16.4. The molecule has 114 valence electrons. The fourth-order valence-electron chi connectivity index (χ4n) is 2.11. The van der Waals surface area contributed by atoms with Crippen molar-refractivity contribution in [2.45, 2.75) is 6.04 Å². The van der Waals surface area contributed by atoms with E-state index in [1.54, 1.807) is 30.3 Å². The molecule has 1 heterocycles. The van der Waals surface area contributed by atoms with Crippen molar-refractivity contribution in [2.24, 2.45) is 0 Å². The third-order valence-corrected chi connectivity index (χ3v) is 3.25. The normalized spacial score (nSPS) is 16.5. The quantitative estimate of drug-likeness (QED) is 0.454. The van der Waals surface area contributed by atoms with E-state index in [1.165, 1.54) is 18.2 Å². The predicted molar refractivity (Wildman–Crippen MR) is 81.5 cm³/mol. The lowest BCUT2D eigenvalue weighted by Gasteiger charge is -2.03. The smallest absolute Gasteiger partial charge is 0.362 e. The molecular formula is C16H10N2O5. The standard InChI is InChI=1S/C16H10N2O5/c19-14(10-4-2-1-3-5-10)9-13-16(20)23-15-8-11(18(21)22)6-7-12(15)17-13/h1-9,11H/b13-9-. The fourth-order valence-corrected chi connectivity index (χ4v) is 2.11. The molecule has 0 bridgehead atoms. The highest BCUT2D eigenvalue weighted by atomic mass is 16.6. The summed E-state index contributed by atoms with van der Waals surface area (Å²) in [7, 11) is 0. The van der Waals surface area contributed by atoms with Crippen LogP contribution in [-0.2, 0) is 0 Å². The number of benzene rings is 1. The number of rotatable bonds is 3. The third kappa shape index (κ3) is 2.98. The first-order valence-electron chi connectivity index (χ1n) is 6.70. The van der Waals surface area contributed by atoms with E-state index >= 15 is 0 Å². The monoisotopic (exact) mass is 310 g/mol. The van der Waals surface area contributed by atoms with Crippen LogP contribution in [-0.4, -0.2) is 21.7 Å². The van der Waals surface area contributed by atoms with Gasteiger partial charge in [0, 0.05) is 22.6 Å². The number of Topliss-reactive ketones (excluding diaryl/α,β-unsaturated/α-hetero) is 1. The van der Waals surface area contributed by atoms with E-state index in [-0.39, 0.29) is 22.2 Å². The zero-order valence-electron chi connectivity index (χ0n) is 11.7. The van der Waals surface area contributed by atoms with Crippen molar-refractivity contribution in [3.05, 3.63) is 79.0 Å². The van der Waals surface area contributed by atoms with E-state index in [2.05, 4.69) is 4.98 Å². The number of nitro groups is 1. The summed E-state index contributed by atoms with van der Waals surface area (Å²) in [5.74, 6) is -0.378. The lowest BCUT2D eigenvalue weighted by molar-refractivity contribution is -0.492. The van der Waals surface area contributed by atoms with Gasteiger partial charge in [-0.05, 0) is 12.2 Å². The summed E-state index contributed by atoms with van der Waals surface area (Å²) in [6.45, 7) is 0. The van der Waals surface area contributed by atoms with E-state index in [9.17, 15) is 19.7 Å². The average Bonchev–Trinajstić information content (AvgIpc) is 2.55. The van der Waals surface area contributed by atoms with Gasteiger partial charge in [0.05, 0.1) is 0 Å². The Bertz CT molecular complexity index is 989. The first kappa shape index (κ1) is 14.6. The van der Waals surface area contributed by atoms with Gasteiger partial charge >= 0.3 is 5.63 Å². The minimum atomic E-state index is -1.06. The van der Waals surface area contributed by atoms with Crippen molar-refractivity contribution in [1.29, 1.82) is 0 Å². The highest BCUT2D eigenvalue weighted by molar-refractivity contribution is 6.16. The van der Waals surface area contributed by atoms with Crippen molar-refractivity contribution in [1.82, 2.24) is 4.98 Å². The second-order valence-electron chi connectivity index (χ2n) is 4.81. The summed E-state index contributed by atoms with van der Waals surface area (Å²) in [5, 5.41) is 10.6. The Morgan fingerprint density at radius 3 is 2.74 bits per heavy atom. The molecule has 0 aliphatic heterocycles. The Kier molecular flexibility index (Phi) is 3.68. The first-order valence-corrected chi connectivity index (χ1v) is 6.70. The average molecular weight is 310 g/mol. The summed E-state index contributed by atoms with van der Waals surface area (Å²) in [6, 6.07) is 7.36. The van der Waals surface area contributed by atoms with Crippen molar-refractivity contribution in [3.63, 3.8) is 0 Å². The van der Waals surface area contributed by atoms with Gasteiger partial charge in [0.25, 0.3) is 6.04 Å². The van der Waals surface area contributed by atoms with Crippen LogP contribution in [0.1, 0.15) is 16.1 Å². The minimum absolute atomic E-state index is 0.0310. The molecule has 0 amide bonds. The first-order chi connectivity index (χ1) is 11.0. The maximum absolute atomic E-state index is 12.1. The highest BCUT2D eigenvalue weighted by Crippen LogP contribution is 2.03. The van der Waals surface area contributed by atoms with E-state index in [1.807, 2.05) is 0 Å². The SMILES string of the molecule is O=C(/C=c1\nc2c(oc1=O)=CC([N+](=O)[O-])C=C2)c1ccccc1. The third-order valence-electron chi connectivity index (χ3n) is 3.25. The molecule has 23 heavy (non-hydrogen) atoms. The molecule has 0 fully saturated rings. The largest absolute Gasteiger partial charge is 0.420 e. The molecule has 0 spiro atoms. The van der Waals surface area contributed by atoms with Gasteiger partial charge in [-0.1, -0.05) is 30.3 Å². The topological polar surface area (TPSA) is 103 Å². The van der Waals surface area contributed by atoms with Crippen molar-refractivity contribution in [2.75, 3.05) is 0 Å². The highest BCUT2D eigenvalue weighted by Gasteiger charge is 2.18. The summed E-state index contributed by atoms with van der Waals surface area (Å²) in [5.41, 5.74) is -0.0954. The molecule has 7 nitrogen and oxygen atoms in total. The number of ketones is 1. The second-order valence-corrected chi connectivity index (χ2v) is 4.81. The Hall–Kier alpha value is -3.35. The zero-order valence-corrected chi connectivity index (χ0v) is 11.7. The Balaban J connectivity index is 2.07. The Morgan fingerprint density at radius 2 is 2.04 bits per heavy atom. The van der Waals surface area contributed by atoms with Crippen LogP contribution in [0.5, 0.6) is 0 Å². The predicted octanol–water partition coefficient (Wildman–Crippen LogP) is 0.151. The lowest BCUT2D eigenvalue weighted by Crippen LogP contribution is -2.36.